The molecule has 0 spiro atoms. The van der Waals surface area contributed by atoms with Gasteiger partial charge in [-0.25, -0.2) is 4.98 Å². The summed E-state index contributed by atoms with van der Waals surface area (Å²) in [5.74, 6) is 0.105. The molecule has 0 N–H and O–H groups in total. The molecule has 0 aliphatic carbocycles. The molecule has 0 aromatic carbocycles. The molecule has 0 aliphatic heterocycles. The third-order valence-corrected chi connectivity index (χ3v) is 3.65. The van der Waals surface area contributed by atoms with E-state index < -0.39 is 0 Å². The fourth-order valence-electron chi connectivity index (χ4n) is 1.78. The Hall–Kier alpha value is -1.07. The molecule has 96 valence electrons. The number of rotatable bonds is 3. The van der Waals surface area contributed by atoms with Crippen molar-refractivity contribution in [3.63, 3.8) is 0 Å². The smallest absolute Gasteiger partial charge is 0.223 e. The third kappa shape index (κ3) is 2.52. The number of carbonyl (C=O) groups excluding carboxylic acids is 1. The molecule has 0 saturated heterocycles. The molecule has 0 fully saturated rings. The fourth-order valence-corrected chi connectivity index (χ4v) is 2.79. The van der Waals surface area contributed by atoms with E-state index in [1.54, 1.807) is 25.2 Å². The Morgan fingerprint density at radius 3 is 2.94 bits per heavy atom. The normalized spacial score (nSPS) is 10.9. The van der Waals surface area contributed by atoms with Gasteiger partial charge in [0.05, 0.1) is 10.9 Å². The van der Waals surface area contributed by atoms with Crippen LogP contribution in [-0.4, -0.2) is 34.5 Å². The molecule has 0 atom stereocenters. The first-order chi connectivity index (χ1) is 8.50. The Morgan fingerprint density at radius 2 is 2.28 bits per heavy atom. The fraction of sp³-hybridized carbons (Fsp3) is 0.333. The zero-order valence-corrected chi connectivity index (χ0v) is 12.5. The van der Waals surface area contributed by atoms with Crippen LogP contribution in [0.1, 0.15) is 6.42 Å². The van der Waals surface area contributed by atoms with Gasteiger partial charge in [-0.2, -0.15) is 0 Å². The predicted octanol–water partition coefficient (Wildman–Crippen LogP) is 2.93. The second kappa shape index (κ2) is 5.28. The number of pyridine rings is 1. The number of halogens is 2. The van der Waals surface area contributed by atoms with Crippen LogP contribution in [0, 0.1) is 0 Å². The summed E-state index contributed by atoms with van der Waals surface area (Å²) in [4.78, 5) is 17.2. The van der Waals surface area contributed by atoms with Crippen LogP contribution < -0.4 is 0 Å². The summed E-state index contributed by atoms with van der Waals surface area (Å²) >= 11 is 9.52. The largest absolute Gasteiger partial charge is 0.349 e. The van der Waals surface area contributed by atoms with Gasteiger partial charge < -0.3 is 9.47 Å². The molecule has 0 saturated carbocycles. The number of nitrogens with zero attached hydrogens (tertiary/aromatic N) is 3. The van der Waals surface area contributed by atoms with Crippen LogP contribution in [0.4, 0.5) is 0 Å². The van der Waals surface area contributed by atoms with Crippen molar-refractivity contribution in [2.45, 2.75) is 13.0 Å². The highest BCUT2D eigenvalue weighted by Crippen LogP contribution is 2.30. The molecule has 0 unspecified atom stereocenters. The molecule has 0 aliphatic rings. The molecule has 2 aromatic rings. The van der Waals surface area contributed by atoms with Gasteiger partial charge in [-0.15, -0.1) is 0 Å². The summed E-state index contributed by atoms with van der Waals surface area (Å²) < 4.78 is 2.90. The summed E-state index contributed by atoms with van der Waals surface area (Å²) in [5, 5.41) is 1.36. The van der Waals surface area contributed by atoms with Crippen molar-refractivity contribution >= 4 is 44.3 Å². The van der Waals surface area contributed by atoms with E-state index in [9.17, 15) is 4.79 Å². The van der Waals surface area contributed by atoms with Crippen LogP contribution in [0.15, 0.2) is 22.9 Å². The highest BCUT2D eigenvalue weighted by atomic mass is 79.9. The standard InChI is InChI=1S/C12H13BrClN3O/c1-16(2)10(18)4-6-17-7-8(13)11-9(17)3-5-15-12(11)14/h3,5,7H,4,6H2,1-2H3. The first-order valence-corrected chi connectivity index (χ1v) is 6.67. The van der Waals surface area contributed by atoms with E-state index in [1.165, 1.54) is 0 Å². The molecule has 4 nitrogen and oxygen atoms in total. The number of amides is 1. The van der Waals surface area contributed by atoms with Gasteiger partial charge >= 0.3 is 0 Å². The Bertz CT molecular complexity index is 594. The summed E-state index contributed by atoms with van der Waals surface area (Å²) in [6.07, 6.45) is 4.06. The van der Waals surface area contributed by atoms with Gasteiger partial charge in [-0.3, -0.25) is 4.79 Å². The highest BCUT2D eigenvalue weighted by molar-refractivity contribution is 9.10. The maximum absolute atomic E-state index is 11.6. The maximum atomic E-state index is 11.6. The SMILES string of the molecule is CN(C)C(=O)CCn1cc(Br)c2c(Cl)nccc21. The molecule has 2 heterocycles. The van der Waals surface area contributed by atoms with Crippen LogP contribution in [0.3, 0.4) is 0 Å². The summed E-state index contributed by atoms with van der Waals surface area (Å²) in [6.45, 7) is 0.624. The summed E-state index contributed by atoms with van der Waals surface area (Å²) in [5.41, 5.74) is 0.980. The molecular weight excluding hydrogens is 318 g/mol. The van der Waals surface area contributed by atoms with E-state index in [4.69, 9.17) is 11.6 Å². The Kier molecular flexibility index (Phi) is 3.92. The lowest BCUT2D eigenvalue weighted by atomic mass is 10.3. The van der Waals surface area contributed by atoms with E-state index in [1.807, 2.05) is 16.8 Å². The second-order valence-corrected chi connectivity index (χ2v) is 5.42. The molecule has 2 aromatic heterocycles. The lowest BCUT2D eigenvalue weighted by molar-refractivity contribution is -0.128. The topological polar surface area (TPSA) is 38.1 Å². The minimum Gasteiger partial charge on any atom is -0.349 e. The first kappa shape index (κ1) is 13.4. The van der Waals surface area contributed by atoms with Crippen LogP contribution in [0.25, 0.3) is 10.9 Å². The van der Waals surface area contributed by atoms with Crippen molar-refractivity contribution < 1.29 is 4.79 Å². The Balaban J connectivity index is 2.30. The monoisotopic (exact) mass is 329 g/mol. The number of aryl methyl sites for hydroxylation is 1. The van der Waals surface area contributed by atoms with Crippen LogP contribution >= 0.6 is 27.5 Å². The predicted molar refractivity (Wildman–Crippen MR) is 75.8 cm³/mol. The van der Waals surface area contributed by atoms with Crippen molar-refractivity contribution in [1.82, 2.24) is 14.5 Å². The minimum atomic E-state index is 0.105. The number of aromatic nitrogens is 2. The minimum absolute atomic E-state index is 0.105. The van der Waals surface area contributed by atoms with Crippen molar-refractivity contribution in [2.75, 3.05) is 14.1 Å². The number of carbonyl (C=O) groups is 1. The lowest BCUT2D eigenvalue weighted by Crippen LogP contribution is -2.22. The van der Waals surface area contributed by atoms with E-state index in [0.29, 0.717) is 18.1 Å². The van der Waals surface area contributed by atoms with Gasteiger partial charge in [-0.1, -0.05) is 11.6 Å². The second-order valence-electron chi connectivity index (χ2n) is 4.20. The average molecular weight is 331 g/mol. The van der Waals surface area contributed by atoms with Gasteiger partial charge in [0.2, 0.25) is 5.91 Å². The summed E-state index contributed by atoms with van der Waals surface area (Å²) in [7, 11) is 3.51. The maximum Gasteiger partial charge on any atom is 0.223 e. The van der Waals surface area contributed by atoms with Crippen molar-refractivity contribution in [3.8, 4) is 0 Å². The molecule has 2 rings (SSSR count). The average Bonchev–Trinajstić information content (AvgIpc) is 2.64. The quantitative estimate of drug-likeness (QED) is 0.812. The van der Waals surface area contributed by atoms with Crippen LogP contribution in [-0.2, 0) is 11.3 Å². The molecule has 1 amide bonds. The Morgan fingerprint density at radius 1 is 1.56 bits per heavy atom. The number of fused-ring (bicyclic) bond motifs is 1. The zero-order chi connectivity index (χ0) is 13.3. The summed E-state index contributed by atoms with van der Waals surface area (Å²) in [6, 6.07) is 1.89. The van der Waals surface area contributed by atoms with E-state index in [-0.39, 0.29) is 5.91 Å². The molecule has 18 heavy (non-hydrogen) atoms. The van der Waals surface area contributed by atoms with Crippen molar-refractivity contribution in [2.24, 2.45) is 0 Å². The van der Waals surface area contributed by atoms with Crippen LogP contribution in [0.2, 0.25) is 5.15 Å². The van der Waals surface area contributed by atoms with Gasteiger partial charge in [0.15, 0.2) is 0 Å². The molecule has 0 bridgehead atoms. The molecular formula is C12H13BrClN3O. The van der Waals surface area contributed by atoms with Gasteiger partial charge in [0, 0.05) is 43.9 Å². The third-order valence-electron chi connectivity index (χ3n) is 2.77. The van der Waals surface area contributed by atoms with E-state index in [2.05, 4.69) is 20.9 Å². The van der Waals surface area contributed by atoms with Gasteiger partial charge in [0.25, 0.3) is 0 Å². The molecule has 6 heteroatoms. The van der Waals surface area contributed by atoms with Crippen molar-refractivity contribution in [3.05, 3.63) is 28.1 Å². The zero-order valence-electron chi connectivity index (χ0n) is 10.2. The van der Waals surface area contributed by atoms with Crippen LogP contribution in [0.5, 0.6) is 0 Å². The Labute approximate surface area is 119 Å². The van der Waals surface area contributed by atoms with Gasteiger partial charge in [-0.05, 0) is 22.0 Å². The number of hydrogen-bond acceptors (Lipinski definition) is 2. The first-order valence-electron chi connectivity index (χ1n) is 5.49. The highest BCUT2D eigenvalue weighted by Gasteiger charge is 2.12. The number of hydrogen-bond donors (Lipinski definition) is 0. The van der Waals surface area contributed by atoms with E-state index in [0.717, 1.165) is 15.4 Å². The van der Waals surface area contributed by atoms with E-state index >= 15 is 0 Å². The van der Waals surface area contributed by atoms with Gasteiger partial charge in [0.1, 0.15) is 5.15 Å². The van der Waals surface area contributed by atoms with Crippen molar-refractivity contribution in [1.29, 1.82) is 0 Å². The molecule has 0 radical (unpaired) electrons. The lowest BCUT2D eigenvalue weighted by Gasteiger charge is -2.10.